The molecule has 1 N–H and O–H groups in total. The predicted molar refractivity (Wildman–Crippen MR) is 170 cm³/mol. The molecular weight excluding hydrogens is 482 g/mol. The van der Waals surface area contributed by atoms with Crippen LogP contribution in [0.25, 0.3) is 44.1 Å². The van der Waals surface area contributed by atoms with Crippen LogP contribution < -0.4 is 0 Å². The third-order valence-electron chi connectivity index (χ3n) is 9.56. The maximum absolute atomic E-state index is 3.84. The maximum Gasteiger partial charge on any atom is 0.0726 e. The van der Waals surface area contributed by atoms with Gasteiger partial charge in [0.2, 0.25) is 0 Å². The van der Waals surface area contributed by atoms with Gasteiger partial charge in [-0.05, 0) is 67.0 Å². The molecule has 40 heavy (non-hydrogen) atoms. The summed E-state index contributed by atoms with van der Waals surface area (Å²) in [6, 6.07) is 37.2. The molecule has 1 nitrogen and oxygen atoms in total. The molecule has 6 aromatic rings. The fourth-order valence-corrected chi connectivity index (χ4v) is 7.52. The molecule has 1 heterocycles. The number of nitrogens with one attached hydrogen (secondary N) is 1. The third kappa shape index (κ3) is 2.88. The first kappa shape index (κ1) is 23.8. The molecular formula is C39H35N. The smallest absolute Gasteiger partial charge is 0.0726 e. The Hall–Kier alpha value is -4.10. The quantitative estimate of drug-likeness (QED) is 0.206. The standard InChI is InChI=1S/C39H35N/c1-37(2,3)23-15-17-25-26-18-16-24(38(4,5)6)22-33(26)39(32(25)21-23)30-13-9-7-12-29(30)35-31(39)20-19-28-27-11-8-10-14-34(27)40-36(28)35/h7-22,40H,1-6H3. The van der Waals surface area contributed by atoms with Crippen molar-refractivity contribution < 1.29 is 0 Å². The second-order valence-electron chi connectivity index (χ2n) is 13.9. The molecule has 0 fully saturated rings. The number of benzene rings is 5. The van der Waals surface area contributed by atoms with Crippen LogP contribution in [-0.4, -0.2) is 4.98 Å². The minimum absolute atomic E-state index is 0.0592. The van der Waals surface area contributed by atoms with E-state index in [1.165, 1.54) is 77.4 Å². The van der Waals surface area contributed by atoms with Crippen molar-refractivity contribution >= 4 is 21.8 Å². The first-order valence-electron chi connectivity index (χ1n) is 14.5. The molecule has 0 bridgehead atoms. The van der Waals surface area contributed by atoms with Gasteiger partial charge in [0.05, 0.1) is 10.9 Å². The molecule has 0 saturated carbocycles. The average molecular weight is 518 g/mol. The van der Waals surface area contributed by atoms with Crippen molar-refractivity contribution in [3.63, 3.8) is 0 Å². The fraction of sp³-hybridized carbons (Fsp3) is 0.231. The van der Waals surface area contributed by atoms with E-state index < -0.39 is 0 Å². The lowest BCUT2D eigenvalue weighted by molar-refractivity contribution is 0.586. The van der Waals surface area contributed by atoms with Crippen LogP contribution in [0.1, 0.15) is 74.9 Å². The highest BCUT2D eigenvalue weighted by molar-refractivity contribution is 6.15. The summed E-state index contributed by atoms with van der Waals surface area (Å²) in [6.45, 7) is 14.0. The second-order valence-corrected chi connectivity index (χ2v) is 13.9. The summed E-state index contributed by atoms with van der Waals surface area (Å²) in [6.07, 6.45) is 0. The van der Waals surface area contributed by atoms with Crippen molar-refractivity contribution in [1.82, 2.24) is 4.98 Å². The highest BCUT2D eigenvalue weighted by Crippen LogP contribution is 2.64. The molecule has 8 rings (SSSR count). The van der Waals surface area contributed by atoms with E-state index in [1.807, 2.05) is 0 Å². The van der Waals surface area contributed by atoms with Crippen LogP contribution in [0.4, 0.5) is 0 Å². The highest BCUT2D eigenvalue weighted by atomic mass is 14.7. The van der Waals surface area contributed by atoms with Crippen molar-refractivity contribution in [2.24, 2.45) is 0 Å². The van der Waals surface area contributed by atoms with Crippen LogP contribution >= 0.6 is 0 Å². The van der Waals surface area contributed by atoms with E-state index in [0.29, 0.717) is 0 Å². The van der Waals surface area contributed by atoms with Crippen LogP contribution in [0.15, 0.2) is 97.1 Å². The molecule has 0 atom stereocenters. The SMILES string of the molecule is CC(C)(C)c1ccc2c(c1)C1(c3cc(C(C)(C)C)ccc3-2)c2ccccc2-c2c1ccc1c2[nH]c2ccccc21. The molecule has 1 heteroatoms. The third-order valence-corrected chi connectivity index (χ3v) is 9.56. The summed E-state index contributed by atoms with van der Waals surface area (Å²) in [4.78, 5) is 3.84. The zero-order chi connectivity index (χ0) is 27.6. The largest absolute Gasteiger partial charge is 0.354 e. The van der Waals surface area contributed by atoms with Gasteiger partial charge in [-0.2, -0.15) is 0 Å². The van der Waals surface area contributed by atoms with E-state index in [2.05, 4.69) is 144 Å². The molecule has 0 saturated heterocycles. The fourth-order valence-electron chi connectivity index (χ4n) is 7.52. The van der Waals surface area contributed by atoms with Crippen molar-refractivity contribution in [3.8, 4) is 22.3 Å². The molecule has 0 amide bonds. The molecule has 1 aromatic heterocycles. The number of H-pyrrole nitrogens is 1. The van der Waals surface area contributed by atoms with Crippen LogP contribution in [0, 0.1) is 0 Å². The van der Waals surface area contributed by atoms with E-state index in [1.54, 1.807) is 0 Å². The van der Waals surface area contributed by atoms with Gasteiger partial charge in [0.1, 0.15) is 0 Å². The number of aromatic nitrogens is 1. The number of rotatable bonds is 0. The summed E-state index contributed by atoms with van der Waals surface area (Å²) in [5.41, 5.74) is 16.0. The van der Waals surface area contributed by atoms with Gasteiger partial charge in [-0.3, -0.25) is 0 Å². The van der Waals surface area contributed by atoms with Crippen LogP contribution in [0.2, 0.25) is 0 Å². The molecule has 2 aliphatic carbocycles. The Morgan fingerprint density at radius 1 is 0.500 bits per heavy atom. The lowest BCUT2D eigenvalue weighted by Crippen LogP contribution is -2.27. The Balaban J connectivity index is 1.58. The summed E-state index contributed by atoms with van der Waals surface area (Å²) < 4.78 is 0. The van der Waals surface area contributed by atoms with Gasteiger partial charge in [-0.1, -0.05) is 133 Å². The van der Waals surface area contributed by atoms with Gasteiger partial charge in [-0.25, -0.2) is 0 Å². The minimum Gasteiger partial charge on any atom is -0.354 e. The van der Waals surface area contributed by atoms with Gasteiger partial charge in [0.25, 0.3) is 0 Å². The Morgan fingerprint density at radius 2 is 1.10 bits per heavy atom. The highest BCUT2D eigenvalue weighted by Gasteiger charge is 2.52. The first-order valence-corrected chi connectivity index (χ1v) is 14.5. The molecule has 0 unspecified atom stereocenters. The van der Waals surface area contributed by atoms with Crippen LogP contribution in [0.3, 0.4) is 0 Å². The number of hydrogen-bond donors (Lipinski definition) is 1. The van der Waals surface area contributed by atoms with Crippen molar-refractivity contribution in [2.45, 2.75) is 57.8 Å². The number of para-hydroxylation sites is 1. The van der Waals surface area contributed by atoms with Gasteiger partial charge >= 0.3 is 0 Å². The molecule has 0 radical (unpaired) electrons. The number of aromatic amines is 1. The van der Waals surface area contributed by atoms with Crippen LogP contribution in [0.5, 0.6) is 0 Å². The van der Waals surface area contributed by atoms with Gasteiger partial charge < -0.3 is 4.98 Å². The normalized spacial score (nSPS) is 14.9. The van der Waals surface area contributed by atoms with E-state index >= 15 is 0 Å². The van der Waals surface area contributed by atoms with E-state index in [4.69, 9.17) is 0 Å². The monoisotopic (exact) mass is 517 g/mol. The van der Waals surface area contributed by atoms with E-state index in [9.17, 15) is 0 Å². The summed E-state index contributed by atoms with van der Waals surface area (Å²) in [5, 5.41) is 2.59. The second kappa shape index (κ2) is 7.55. The number of fused-ring (bicyclic) bond motifs is 14. The Bertz CT molecular complexity index is 1960. The maximum atomic E-state index is 3.84. The van der Waals surface area contributed by atoms with Crippen molar-refractivity contribution in [3.05, 3.63) is 130 Å². The Labute approximate surface area is 236 Å². The lowest BCUT2D eigenvalue weighted by Gasteiger charge is -2.32. The van der Waals surface area contributed by atoms with E-state index in [-0.39, 0.29) is 16.2 Å². The molecule has 2 aliphatic rings. The molecule has 5 aromatic carbocycles. The van der Waals surface area contributed by atoms with Gasteiger partial charge in [-0.15, -0.1) is 0 Å². The Morgan fingerprint density at radius 3 is 1.75 bits per heavy atom. The summed E-state index contributed by atoms with van der Waals surface area (Å²) in [5.74, 6) is 0. The number of hydrogen-bond acceptors (Lipinski definition) is 0. The zero-order valence-corrected chi connectivity index (χ0v) is 24.2. The van der Waals surface area contributed by atoms with Crippen LogP contribution in [-0.2, 0) is 16.2 Å². The Kier molecular flexibility index (Phi) is 4.48. The minimum atomic E-state index is -0.357. The van der Waals surface area contributed by atoms with Gasteiger partial charge in [0, 0.05) is 21.9 Å². The van der Waals surface area contributed by atoms with Crippen molar-refractivity contribution in [2.75, 3.05) is 0 Å². The predicted octanol–water partition coefficient (Wildman–Crippen LogP) is 10.3. The lowest BCUT2D eigenvalue weighted by atomic mass is 9.69. The zero-order valence-electron chi connectivity index (χ0n) is 24.2. The average Bonchev–Trinajstić information content (AvgIpc) is 3.55. The van der Waals surface area contributed by atoms with E-state index in [0.717, 1.165) is 0 Å². The summed E-state index contributed by atoms with van der Waals surface area (Å²) in [7, 11) is 0. The first-order chi connectivity index (χ1) is 19.1. The topological polar surface area (TPSA) is 15.8 Å². The molecule has 0 aliphatic heterocycles. The van der Waals surface area contributed by atoms with Gasteiger partial charge in [0.15, 0.2) is 0 Å². The summed E-state index contributed by atoms with van der Waals surface area (Å²) >= 11 is 0. The molecule has 1 spiro atoms. The van der Waals surface area contributed by atoms with Crippen molar-refractivity contribution in [1.29, 1.82) is 0 Å². The molecule has 196 valence electrons.